The number of thioether (sulfide) groups is 3. The van der Waals surface area contributed by atoms with Crippen LogP contribution in [-0.2, 0) is 38.1 Å². The van der Waals surface area contributed by atoms with Gasteiger partial charge in [0.2, 0.25) is 5.91 Å². The second-order valence-corrected chi connectivity index (χ2v) is 23.7. The molecule has 3 amide bonds. The van der Waals surface area contributed by atoms with Crippen molar-refractivity contribution >= 4 is 59.0 Å². The van der Waals surface area contributed by atoms with Crippen LogP contribution in [0.4, 0.5) is 0 Å². The molecule has 10 nitrogen and oxygen atoms in total. The fraction of sp³-hybridized carbons (Fsp3) is 0.882. The number of nitrogens with zero attached hydrogens (tertiary/aromatic N) is 1. The second kappa shape index (κ2) is 27.7. The number of carbonyl (C=O) groups is 4. The molecule has 1 aliphatic heterocycles. The van der Waals surface area contributed by atoms with Crippen LogP contribution in [0.25, 0.3) is 0 Å². The summed E-state index contributed by atoms with van der Waals surface area (Å²) in [6.07, 6.45) is 20.4. The van der Waals surface area contributed by atoms with Crippen LogP contribution in [0.2, 0.25) is 0 Å². The van der Waals surface area contributed by atoms with Crippen LogP contribution in [0.1, 0.15) is 144 Å². The molecule has 64 heavy (non-hydrogen) atoms. The van der Waals surface area contributed by atoms with Gasteiger partial charge >= 0.3 is 5.97 Å². The van der Waals surface area contributed by atoms with Gasteiger partial charge < -0.3 is 24.3 Å². The van der Waals surface area contributed by atoms with Gasteiger partial charge in [0.25, 0.3) is 11.8 Å². The van der Waals surface area contributed by atoms with Gasteiger partial charge in [-0.15, -0.1) is 0 Å². The monoisotopic (exact) mass is 951 g/mol. The molecule has 5 rings (SSSR count). The number of carbonyl (C=O) groups excluding carboxylic acids is 4. The lowest BCUT2D eigenvalue weighted by molar-refractivity contribution is -0.227. The first-order valence-corrected chi connectivity index (χ1v) is 28.9. The highest BCUT2D eigenvalue weighted by atomic mass is 32.2. The number of ether oxygens (including phenoxy) is 4. The molecule has 13 heteroatoms. The number of amides is 3. The molecule has 4 fully saturated rings. The summed E-state index contributed by atoms with van der Waals surface area (Å²) < 4.78 is 26.1. The van der Waals surface area contributed by atoms with E-state index in [-0.39, 0.29) is 53.3 Å². The number of hydrogen-bond donors (Lipinski definition) is 1. The van der Waals surface area contributed by atoms with Crippen molar-refractivity contribution in [1.82, 2.24) is 10.2 Å². The smallest absolute Gasteiger partial charge is 0.305 e. The summed E-state index contributed by atoms with van der Waals surface area (Å²) >= 11 is 5.97. The van der Waals surface area contributed by atoms with Gasteiger partial charge in [-0.25, -0.2) is 0 Å². The fourth-order valence-electron chi connectivity index (χ4n) is 12.7. The molecule has 0 aromatic carbocycles. The molecular formula is C51H86N2O8S3. The molecular weight excluding hydrogens is 865 g/mol. The Morgan fingerprint density at radius 1 is 0.781 bits per heavy atom. The van der Waals surface area contributed by atoms with Crippen LogP contribution < -0.4 is 5.32 Å². The predicted molar refractivity (Wildman–Crippen MR) is 265 cm³/mol. The van der Waals surface area contributed by atoms with Crippen LogP contribution in [0, 0.1) is 46.3 Å². The Hall–Kier alpha value is -1.25. The van der Waals surface area contributed by atoms with Crippen molar-refractivity contribution < 1.29 is 38.1 Å². The SMILES string of the molecule is CCCSCCCO[C@@H]1CC[C@@]2(C)C(C1)C[C@@H](OCCCSCCC)C1C2C[C@H](OCCCSCCNC(=O)CCCN2C(=O)C=CC2=O)[C@@]2(C)C1CCC2[C@H](C)CCCC(=O)OC. The zero-order valence-corrected chi connectivity index (χ0v) is 43.0. The minimum absolute atomic E-state index is 0.0347. The number of hydrogen-bond acceptors (Lipinski definition) is 11. The van der Waals surface area contributed by atoms with E-state index in [4.69, 9.17) is 18.9 Å². The Labute approximate surface area is 400 Å². The maximum atomic E-state index is 12.4. The summed E-state index contributed by atoms with van der Waals surface area (Å²) in [6, 6.07) is 0. The van der Waals surface area contributed by atoms with E-state index in [1.165, 1.54) is 79.3 Å². The Bertz CT molecular complexity index is 1470. The number of rotatable bonds is 31. The van der Waals surface area contributed by atoms with E-state index in [0.717, 1.165) is 89.1 Å². The van der Waals surface area contributed by atoms with E-state index < -0.39 is 0 Å². The van der Waals surface area contributed by atoms with E-state index in [9.17, 15) is 19.2 Å². The molecule has 0 saturated heterocycles. The number of esters is 1. The topological polar surface area (TPSA) is 120 Å². The van der Waals surface area contributed by atoms with Crippen molar-refractivity contribution in [1.29, 1.82) is 0 Å². The molecule has 1 heterocycles. The molecule has 5 aliphatic rings. The van der Waals surface area contributed by atoms with Gasteiger partial charge in [0.1, 0.15) is 0 Å². The third-order valence-electron chi connectivity index (χ3n) is 16.0. The Morgan fingerprint density at radius 2 is 1.44 bits per heavy atom. The van der Waals surface area contributed by atoms with Crippen molar-refractivity contribution in [3.05, 3.63) is 12.2 Å². The van der Waals surface area contributed by atoms with Crippen LogP contribution in [-0.4, -0.2) is 121 Å². The second-order valence-electron chi connectivity index (χ2n) is 20.0. The molecule has 1 N–H and O–H groups in total. The minimum Gasteiger partial charge on any atom is -0.469 e. The van der Waals surface area contributed by atoms with Crippen LogP contribution >= 0.6 is 35.3 Å². The van der Waals surface area contributed by atoms with Crippen LogP contribution in [0.3, 0.4) is 0 Å². The molecule has 0 bridgehead atoms. The maximum Gasteiger partial charge on any atom is 0.305 e. The van der Waals surface area contributed by atoms with Gasteiger partial charge in [0, 0.05) is 69.1 Å². The third kappa shape index (κ3) is 14.6. The molecule has 4 aliphatic carbocycles. The Kier molecular flexibility index (Phi) is 23.2. The van der Waals surface area contributed by atoms with Gasteiger partial charge in [0.05, 0.1) is 25.4 Å². The molecule has 0 aromatic heterocycles. The van der Waals surface area contributed by atoms with Gasteiger partial charge in [-0.1, -0.05) is 34.6 Å². The lowest BCUT2D eigenvalue weighted by atomic mass is 9.43. The summed E-state index contributed by atoms with van der Waals surface area (Å²) in [4.78, 5) is 49.3. The average Bonchev–Trinajstić information content (AvgIpc) is 3.81. The fourth-order valence-corrected chi connectivity index (χ4v) is 15.1. The molecule has 11 atom stereocenters. The lowest BCUT2D eigenvalue weighted by Gasteiger charge is -2.65. The molecule has 0 radical (unpaired) electrons. The molecule has 0 aromatic rings. The molecule has 366 valence electrons. The molecule has 5 unspecified atom stereocenters. The van der Waals surface area contributed by atoms with Crippen LogP contribution in [0.5, 0.6) is 0 Å². The van der Waals surface area contributed by atoms with Gasteiger partial charge in [-0.3, -0.25) is 24.1 Å². The van der Waals surface area contributed by atoms with E-state index in [1.807, 2.05) is 11.8 Å². The highest BCUT2D eigenvalue weighted by Gasteiger charge is 2.66. The highest BCUT2D eigenvalue weighted by Crippen LogP contribution is 2.69. The zero-order chi connectivity index (χ0) is 46.0. The number of fused-ring (bicyclic) bond motifs is 5. The first kappa shape index (κ1) is 53.7. The van der Waals surface area contributed by atoms with Crippen molar-refractivity contribution in [3.8, 4) is 0 Å². The number of nitrogens with one attached hydrogen (secondary N) is 1. The van der Waals surface area contributed by atoms with Gasteiger partial charge in [-0.05, 0) is 166 Å². The minimum atomic E-state index is -0.304. The number of methoxy groups -OCH3 is 1. The molecule has 0 spiro atoms. The average molecular weight is 951 g/mol. The summed E-state index contributed by atoms with van der Waals surface area (Å²) in [7, 11) is 1.49. The van der Waals surface area contributed by atoms with Crippen molar-refractivity contribution in [3.63, 3.8) is 0 Å². The largest absolute Gasteiger partial charge is 0.469 e. The summed E-state index contributed by atoms with van der Waals surface area (Å²) in [5.41, 5.74) is 0.277. The maximum absolute atomic E-state index is 12.4. The van der Waals surface area contributed by atoms with E-state index in [0.29, 0.717) is 67.4 Å². The predicted octanol–water partition coefficient (Wildman–Crippen LogP) is 10.0. The summed E-state index contributed by atoms with van der Waals surface area (Å²) in [5.74, 6) is 9.10. The quantitative estimate of drug-likeness (QED) is 0.0406. The highest BCUT2D eigenvalue weighted by molar-refractivity contribution is 7.99. The van der Waals surface area contributed by atoms with Gasteiger partial charge in [-0.2, -0.15) is 35.3 Å². The third-order valence-corrected chi connectivity index (χ3v) is 19.6. The van der Waals surface area contributed by atoms with E-state index in [2.05, 4.69) is 63.5 Å². The van der Waals surface area contributed by atoms with Crippen LogP contribution in [0.15, 0.2) is 12.2 Å². The van der Waals surface area contributed by atoms with Gasteiger partial charge in [0.15, 0.2) is 0 Å². The Balaban J connectivity index is 1.22. The first-order valence-electron chi connectivity index (χ1n) is 25.4. The van der Waals surface area contributed by atoms with E-state index in [1.54, 1.807) is 0 Å². The summed E-state index contributed by atoms with van der Waals surface area (Å²) in [6.45, 7) is 15.5. The van der Waals surface area contributed by atoms with Crippen molar-refractivity contribution in [2.75, 3.05) is 74.5 Å². The Morgan fingerprint density at radius 3 is 2.11 bits per heavy atom. The first-order chi connectivity index (χ1) is 31.0. The van der Waals surface area contributed by atoms with Crippen molar-refractivity contribution in [2.24, 2.45) is 46.3 Å². The zero-order valence-electron chi connectivity index (χ0n) is 40.6. The lowest BCUT2D eigenvalue weighted by Crippen LogP contribution is -2.63. The van der Waals surface area contributed by atoms with E-state index >= 15 is 0 Å². The molecule has 4 saturated carbocycles. The number of imide groups is 1. The standard InChI is InChI=1S/C51H86N2O8S3/c1-7-28-62-30-11-25-59-39-21-22-50(4)38(34-39)35-43(60-26-12-31-63-29-8-2)49-41-18-17-40(37(3)14-9-16-48(57)58-6)51(41,5)44(36-42(49)50)61-27-13-32-64-33-23-52-45(54)15-10-24-53-46(55)19-20-47(53)56/h19-20,37-44,49H,7-18,21-36H2,1-6H3,(H,52,54)/t37-,38?,39-,40?,41?,42?,43-,44+,49?,50+,51-/m1/s1. The normalized spacial score (nSPS) is 31.4. The van der Waals surface area contributed by atoms with Crippen molar-refractivity contribution in [2.45, 2.75) is 162 Å². The summed E-state index contributed by atoms with van der Waals surface area (Å²) in [5, 5.41) is 3.00.